The van der Waals surface area contributed by atoms with Gasteiger partial charge in [-0.15, -0.1) is 0 Å². The summed E-state index contributed by atoms with van der Waals surface area (Å²) in [4.78, 5) is 0. The van der Waals surface area contributed by atoms with Crippen LogP contribution in [0.2, 0.25) is 0 Å². The minimum absolute atomic E-state index is 0.0884. The van der Waals surface area contributed by atoms with Crippen LogP contribution in [0.3, 0.4) is 0 Å². The number of alkyl halides is 6. The first-order valence-corrected chi connectivity index (χ1v) is 3.29. The standard InChI is InChI=1S/C6H7F6O/c1-2-3-13-6(11,12)5(9,10)4(7)8/h3-4H,2H2,1H3. The van der Waals surface area contributed by atoms with Crippen LogP contribution in [-0.4, -0.2) is 18.5 Å². The summed E-state index contributed by atoms with van der Waals surface area (Å²) in [5.41, 5.74) is 0. The van der Waals surface area contributed by atoms with E-state index in [0.717, 1.165) is 0 Å². The Labute approximate surface area is 70.7 Å². The third-order valence-corrected chi connectivity index (χ3v) is 1.06. The van der Waals surface area contributed by atoms with Gasteiger partial charge in [-0.3, -0.25) is 0 Å². The van der Waals surface area contributed by atoms with Gasteiger partial charge in [-0.1, -0.05) is 6.92 Å². The Kier molecular flexibility index (Phi) is 4.02. The zero-order valence-electron chi connectivity index (χ0n) is 6.54. The maximum Gasteiger partial charge on any atom is 0.425 e. The van der Waals surface area contributed by atoms with Gasteiger partial charge in [0.2, 0.25) is 0 Å². The van der Waals surface area contributed by atoms with Crippen LogP contribution in [0.25, 0.3) is 0 Å². The fourth-order valence-electron chi connectivity index (χ4n) is 0.394. The molecular weight excluding hydrogens is 202 g/mol. The monoisotopic (exact) mass is 209 g/mol. The van der Waals surface area contributed by atoms with Crippen LogP contribution in [0.4, 0.5) is 26.3 Å². The molecule has 0 N–H and O–H groups in total. The van der Waals surface area contributed by atoms with E-state index >= 15 is 0 Å². The van der Waals surface area contributed by atoms with E-state index in [9.17, 15) is 26.3 Å². The Balaban J connectivity index is 4.41. The molecule has 0 unspecified atom stereocenters. The summed E-state index contributed by atoms with van der Waals surface area (Å²) in [5.74, 6) is -5.47. The van der Waals surface area contributed by atoms with Crippen LogP contribution in [0.5, 0.6) is 0 Å². The van der Waals surface area contributed by atoms with Gasteiger partial charge in [-0.25, -0.2) is 8.78 Å². The van der Waals surface area contributed by atoms with Crippen molar-refractivity contribution in [2.24, 2.45) is 0 Å². The molecule has 13 heavy (non-hydrogen) atoms. The molecule has 7 heteroatoms. The summed E-state index contributed by atoms with van der Waals surface area (Å²) < 4.78 is 74.4. The summed E-state index contributed by atoms with van der Waals surface area (Å²) in [6, 6.07) is 0. The quantitative estimate of drug-likeness (QED) is 0.632. The molecule has 0 heterocycles. The maximum absolute atomic E-state index is 12.2. The van der Waals surface area contributed by atoms with Crippen molar-refractivity contribution < 1.29 is 31.1 Å². The minimum Gasteiger partial charge on any atom is -0.309 e. The van der Waals surface area contributed by atoms with Gasteiger partial charge < -0.3 is 4.74 Å². The molecule has 0 saturated heterocycles. The molecule has 79 valence electrons. The highest BCUT2D eigenvalue weighted by molar-refractivity contribution is 4.80. The number of rotatable bonds is 5. The molecule has 1 nitrogen and oxygen atoms in total. The van der Waals surface area contributed by atoms with Crippen LogP contribution in [0.15, 0.2) is 0 Å². The average Bonchev–Trinajstić information content (AvgIpc) is 2.00. The van der Waals surface area contributed by atoms with E-state index in [1.165, 1.54) is 6.92 Å². The van der Waals surface area contributed by atoms with E-state index in [1.54, 1.807) is 0 Å². The molecule has 0 atom stereocenters. The van der Waals surface area contributed by atoms with Crippen molar-refractivity contribution >= 4 is 0 Å². The highest BCUT2D eigenvalue weighted by atomic mass is 19.3. The molecule has 0 saturated carbocycles. The molecule has 0 aromatic heterocycles. The van der Waals surface area contributed by atoms with Crippen molar-refractivity contribution in [2.45, 2.75) is 31.8 Å². The third-order valence-electron chi connectivity index (χ3n) is 1.06. The highest BCUT2D eigenvalue weighted by Crippen LogP contribution is 2.40. The molecule has 0 aromatic rings. The van der Waals surface area contributed by atoms with E-state index in [0.29, 0.717) is 6.61 Å². The normalized spacial score (nSPS) is 13.8. The predicted octanol–water partition coefficient (Wildman–Crippen LogP) is 3.07. The van der Waals surface area contributed by atoms with E-state index < -0.39 is 18.5 Å². The van der Waals surface area contributed by atoms with Gasteiger partial charge in [0.1, 0.15) is 0 Å². The van der Waals surface area contributed by atoms with Gasteiger partial charge in [0.05, 0.1) is 6.61 Å². The number of ether oxygens (including phenoxy) is 1. The molecule has 0 fully saturated rings. The van der Waals surface area contributed by atoms with E-state index in [-0.39, 0.29) is 6.42 Å². The summed E-state index contributed by atoms with van der Waals surface area (Å²) in [5, 5.41) is 0. The fourth-order valence-corrected chi connectivity index (χ4v) is 0.394. The van der Waals surface area contributed by atoms with E-state index in [4.69, 9.17) is 0 Å². The summed E-state index contributed by atoms with van der Waals surface area (Å²) >= 11 is 0. The number of hydrogen-bond acceptors (Lipinski definition) is 1. The molecule has 0 aliphatic rings. The van der Waals surface area contributed by atoms with Crippen molar-refractivity contribution in [2.75, 3.05) is 0 Å². The second-order valence-corrected chi connectivity index (χ2v) is 2.13. The summed E-state index contributed by atoms with van der Waals surface area (Å²) in [6.07, 6.45) is -9.72. The van der Waals surface area contributed by atoms with Gasteiger partial charge in [-0.2, -0.15) is 17.6 Å². The lowest BCUT2D eigenvalue weighted by molar-refractivity contribution is -0.364. The average molecular weight is 209 g/mol. The first-order valence-electron chi connectivity index (χ1n) is 3.29. The lowest BCUT2D eigenvalue weighted by Crippen LogP contribution is -2.47. The van der Waals surface area contributed by atoms with Crippen molar-refractivity contribution in [1.29, 1.82) is 0 Å². The Morgan fingerprint density at radius 3 is 2.00 bits per heavy atom. The van der Waals surface area contributed by atoms with Crippen LogP contribution < -0.4 is 0 Å². The zero-order chi connectivity index (χ0) is 10.7. The lowest BCUT2D eigenvalue weighted by atomic mass is 10.3. The minimum atomic E-state index is -5.47. The first-order chi connectivity index (χ1) is 5.75. The Morgan fingerprint density at radius 1 is 1.23 bits per heavy atom. The van der Waals surface area contributed by atoms with Crippen LogP contribution >= 0.6 is 0 Å². The molecular formula is C6H7F6O. The molecule has 0 rings (SSSR count). The van der Waals surface area contributed by atoms with Crippen molar-refractivity contribution in [3.8, 4) is 0 Å². The summed E-state index contributed by atoms with van der Waals surface area (Å²) in [7, 11) is 0. The third kappa shape index (κ3) is 2.75. The molecule has 0 bridgehead atoms. The lowest BCUT2D eigenvalue weighted by Gasteiger charge is -2.24. The molecule has 0 amide bonds. The second-order valence-electron chi connectivity index (χ2n) is 2.13. The number of hydrogen-bond donors (Lipinski definition) is 0. The van der Waals surface area contributed by atoms with Gasteiger partial charge in [-0.05, 0) is 6.42 Å². The summed E-state index contributed by atoms with van der Waals surface area (Å²) in [6.45, 7) is 1.67. The largest absolute Gasteiger partial charge is 0.425 e. The molecule has 0 aliphatic heterocycles. The molecule has 0 aliphatic carbocycles. The predicted molar refractivity (Wildman–Crippen MR) is 31.6 cm³/mol. The van der Waals surface area contributed by atoms with Crippen LogP contribution in [0.1, 0.15) is 13.3 Å². The van der Waals surface area contributed by atoms with Gasteiger partial charge in [0.15, 0.2) is 0 Å². The zero-order valence-corrected chi connectivity index (χ0v) is 6.54. The van der Waals surface area contributed by atoms with Gasteiger partial charge in [0.25, 0.3) is 0 Å². The van der Waals surface area contributed by atoms with Crippen LogP contribution in [-0.2, 0) is 4.74 Å². The van der Waals surface area contributed by atoms with Crippen molar-refractivity contribution in [1.82, 2.24) is 0 Å². The second kappa shape index (κ2) is 4.17. The number of halogens is 6. The van der Waals surface area contributed by atoms with Crippen molar-refractivity contribution in [3.63, 3.8) is 0 Å². The Bertz CT molecular complexity index is 157. The smallest absolute Gasteiger partial charge is 0.309 e. The van der Waals surface area contributed by atoms with Crippen LogP contribution in [0, 0.1) is 6.61 Å². The Hall–Kier alpha value is -0.460. The van der Waals surface area contributed by atoms with Gasteiger partial charge >= 0.3 is 18.5 Å². The fraction of sp³-hybridized carbons (Fsp3) is 0.833. The SMILES string of the molecule is CC[CH]OC(F)(F)C(F)(F)C(F)F. The molecule has 1 radical (unpaired) electrons. The highest BCUT2D eigenvalue weighted by Gasteiger charge is 2.64. The molecule has 0 aromatic carbocycles. The van der Waals surface area contributed by atoms with E-state index in [2.05, 4.69) is 4.74 Å². The van der Waals surface area contributed by atoms with Gasteiger partial charge in [0, 0.05) is 0 Å². The Morgan fingerprint density at radius 2 is 1.69 bits per heavy atom. The van der Waals surface area contributed by atoms with Crippen molar-refractivity contribution in [3.05, 3.63) is 6.61 Å². The van der Waals surface area contributed by atoms with E-state index in [1.807, 2.05) is 0 Å². The molecule has 0 spiro atoms. The first kappa shape index (κ1) is 12.5. The topological polar surface area (TPSA) is 9.23 Å². The maximum atomic E-state index is 12.2.